The highest BCUT2D eigenvalue weighted by Gasteiger charge is 2.20. The summed E-state index contributed by atoms with van der Waals surface area (Å²) in [6.45, 7) is 5.66. The van der Waals surface area contributed by atoms with Gasteiger partial charge in [0, 0.05) is 24.2 Å². The highest BCUT2D eigenvalue weighted by Crippen LogP contribution is 2.22. The molecule has 0 aliphatic carbocycles. The predicted molar refractivity (Wildman–Crippen MR) is 80.7 cm³/mol. The Hall–Kier alpha value is -1.61. The van der Waals surface area contributed by atoms with Gasteiger partial charge in [0.15, 0.2) is 0 Å². The van der Waals surface area contributed by atoms with Crippen LogP contribution in [0, 0.1) is 6.92 Å². The summed E-state index contributed by atoms with van der Waals surface area (Å²) in [6, 6.07) is 5.95. The number of rotatable bonds is 3. The summed E-state index contributed by atoms with van der Waals surface area (Å²) >= 11 is 0. The molecular weight excluding hydrogens is 248 g/mol. The topological polar surface area (TPSA) is 32.3 Å². The second kappa shape index (κ2) is 5.80. The van der Waals surface area contributed by atoms with Crippen LogP contribution >= 0.6 is 0 Å². The van der Waals surface area contributed by atoms with E-state index in [-0.39, 0.29) is 5.91 Å². The molecular formula is C17H22N2O. The van der Waals surface area contributed by atoms with E-state index in [0.717, 1.165) is 30.6 Å². The molecule has 0 atom stereocenters. The smallest absolute Gasteiger partial charge is 0.255 e. The average Bonchev–Trinajstić information content (AvgIpc) is 2.93. The van der Waals surface area contributed by atoms with Crippen molar-refractivity contribution in [3.8, 4) is 0 Å². The van der Waals surface area contributed by atoms with Crippen LogP contribution in [0.5, 0.6) is 0 Å². The molecule has 0 spiro atoms. The Morgan fingerprint density at radius 2 is 2.10 bits per heavy atom. The van der Waals surface area contributed by atoms with Gasteiger partial charge in [-0.2, -0.15) is 0 Å². The number of carbonyl (C=O) groups is 1. The van der Waals surface area contributed by atoms with Gasteiger partial charge in [-0.15, -0.1) is 0 Å². The van der Waals surface area contributed by atoms with Crippen LogP contribution in [0.25, 0.3) is 0 Å². The van der Waals surface area contributed by atoms with E-state index in [1.807, 2.05) is 12.1 Å². The summed E-state index contributed by atoms with van der Waals surface area (Å²) in [5, 5.41) is 3.03. The lowest BCUT2D eigenvalue weighted by atomic mass is 9.93. The number of nitrogens with one attached hydrogen (secondary N) is 1. The maximum absolute atomic E-state index is 12.1. The number of hydrogen-bond donors (Lipinski definition) is 1. The van der Waals surface area contributed by atoms with Crippen molar-refractivity contribution in [3.63, 3.8) is 0 Å². The van der Waals surface area contributed by atoms with Crippen LogP contribution in [0.15, 0.2) is 30.0 Å². The average molecular weight is 270 g/mol. The Bertz CT molecular complexity index is 542. The molecule has 1 saturated heterocycles. The fourth-order valence-corrected chi connectivity index (χ4v) is 3.15. The maximum Gasteiger partial charge on any atom is 0.255 e. The zero-order chi connectivity index (χ0) is 13.9. The molecule has 3 rings (SSSR count). The van der Waals surface area contributed by atoms with Crippen molar-refractivity contribution in [2.75, 3.05) is 19.6 Å². The lowest BCUT2D eigenvalue weighted by molar-refractivity contribution is 0.0958. The molecule has 0 bridgehead atoms. The van der Waals surface area contributed by atoms with Crippen molar-refractivity contribution in [2.45, 2.75) is 32.6 Å². The molecule has 0 unspecified atom stereocenters. The van der Waals surface area contributed by atoms with E-state index in [1.54, 1.807) is 0 Å². The van der Waals surface area contributed by atoms with Gasteiger partial charge in [-0.3, -0.25) is 4.79 Å². The molecule has 106 valence electrons. The van der Waals surface area contributed by atoms with Gasteiger partial charge < -0.3 is 10.2 Å². The summed E-state index contributed by atoms with van der Waals surface area (Å²) in [5.74, 6) is 0.0439. The Labute approximate surface area is 120 Å². The quantitative estimate of drug-likeness (QED) is 0.916. The van der Waals surface area contributed by atoms with Crippen LogP contribution in [-0.4, -0.2) is 30.4 Å². The largest absolute Gasteiger partial charge is 0.326 e. The zero-order valence-corrected chi connectivity index (χ0v) is 12.1. The molecule has 1 aromatic rings. The Morgan fingerprint density at radius 1 is 1.30 bits per heavy atom. The molecule has 0 saturated carbocycles. The van der Waals surface area contributed by atoms with Crippen molar-refractivity contribution in [3.05, 3.63) is 46.7 Å². The van der Waals surface area contributed by atoms with E-state index < -0.39 is 0 Å². The molecule has 20 heavy (non-hydrogen) atoms. The normalized spacial score (nSPS) is 21.1. The van der Waals surface area contributed by atoms with Crippen LogP contribution in [0.3, 0.4) is 0 Å². The SMILES string of the molecule is Cc1cccc2c1CC(=CCCN1CCCC1)NC2=O. The number of benzene rings is 1. The fourth-order valence-electron chi connectivity index (χ4n) is 3.15. The first-order valence-electron chi connectivity index (χ1n) is 7.55. The van der Waals surface area contributed by atoms with Gasteiger partial charge in [0.1, 0.15) is 0 Å². The second-order valence-electron chi connectivity index (χ2n) is 5.80. The van der Waals surface area contributed by atoms with E-state index in [0.29, 0.717) is 0 Å². The molecule has 0 aromatic heterocycles. The Balaban J connectivity index is 1.67. The van der Waals surface area contributed by atoms with E-state index in [2.05, 4.69) is 29.3 Å². The zero-order valence-electron chi connectivity index (χ0n) is 12.1. The molecule has 1 aromatic carbocycles. The third-order valence-electron chi connectivity index (χ3n) is 4.33. The Kier molecular flexibility index (Phi) is 3.88. The van der Waals surface area contributed by atoms with E-state index >= 15 is 0 Å². The first-order chi connectivity index (χ1) is 9.74. The molecule has 1 fully saturated rings. The van der Waals surface area contributed by atoms with Gasteiger partial charge in [0.05, 0.1) is 0 Å². The van der Waals surface area contributed by atoms with Crippen molar-refractivity contribution in [2.24, 2.45) is 0 Å². The summed E-state index contributed by atoms with van der Waals surface area (Å²) < 4.78 is 0. The lowest BCUT2D eigenvalue weighted by Gasteiger charge is -2.21. The van der Waals surface area contributed by atoms with Gasteiger partial charge in [-0.05, 0) is 56.5 Å². The second-order valence-corrected chi connectivity index (χ2v) is 5.80. The van der Waals surface area contributed by atoms with Gasteiger partial charge in [0.2, 0.25) is 0 Å². The minimum Gasteiger partial charge on any atom is -0.326 e. The van der Waals surface area contributed by atoms with Crippen molar-refractivity contribution >= 4 is 5.91 Å². The van der Waals surface area contributed by atoms with Crippen molar-refractivity contribution < 1.29 is 4.79 Å². The lowest BCUT2D eigenvalue weighted by Crippen LogP contribution is -2.31. The minimum atomic E-state index is 0.0439. The minimum absolute atomic E-state index is 0.0439. The van der Waals surface area contributed by atoms with Crippen LogP contribution in [0.1, 0.15) is 40.7 Å². The number of allylic oxidation sites excluding steroid dienone is 1. The van der Waals surface area contributed by atoms with Crippen LogP contribution in [-0.2, 0) is 6.42 Å². The van der Waals surface area contributed by atoms with Gasteiger partial charge in [0.25, 0.3) is 5.91 Å². The highest BCUT2D eigenvalue weighted by molar-refractivity contribution is 5.98. The monoisotopic (exact) mass is 270 g/mol. The number of likely N-dealkylation sites (tertiary alicyclic amines) is 1. The van der Waals surface area contributed by atoms with Gasteiger partial charge in [-0.1, -0.05) is 18.2 Å². The van der Waals surface area contributed by atoms with E-state index in [1.165, 1.54) is 37.1 Å². The standard InChI is InChI=1S/C17H22N2O/c1-13-6-4-8-15-16(13)12-14(18-17(15)20)7-5-11-19-9-2-3-10-19/h4,6-8H,2-3,5,9-12H2,1H3,(H,18,20). The summed E-state index contributed by atoms with van der Waals surface area (Å²) in [6.07, 6.45) is 6.75. The van der Waals surface area contributed by atoms with Crippen LogP contribution < -0.4 is 5.32 Å². The molecule has 3 heteroatoms. The molecule has 1 N–H and O–H groups in total. The maximum atomic E-state index is 12.1. The van der Waals surface area contributed by atoms with E-state index in [4.69, 9.17) is 0 Å². The number of hydrogen-bond acceptors (Lipinski definition) is 2. The molecule has 2 aliphatic heterocycles. The van der Waals surface area contributed by atoms with Crippen LogP contribution in [0.4, 0.5) is 0 Å². The first-order valence-corrected chi connectivity index (χ1v) is 7.55. The van der Waals surface area contributed by atoms with Crippen LogP contribution in [0.2, 0.25) is 0 Å². The number of aryl methyl sites for hydroxylation is 1. The number of carbonyl (C=O) groups excluding carboxylic acids is 1. The summed E-state index contributed by atoms with van der Waals surface area (Å²) in [7, 11) is 0. The highest BCUT2D eigenvalue weighted by atomic mass is 16.1. The third-order valence-corrected chi connectivity index (χ3v) is 4.33. The Morgan fingerprint density at radius 3 is 2.90 bits per heavy atom. The number of nitrogens with zero attached hydrogens (tertiary/aromatic N) is 1. The van der Waals surface area contributed by atoms with Crippen molar-refractivity contribution in [1.82, 2.24) is 10.2 Å². The predicted octanol–water partition coefficient (Wildman–Crippen LogP) is 2.65. The summed E-state index contributed by atoms with van der Waals surface area (Å²) in [5.41, 5.74) is 4.30. The molecule has 2 heterocycles. The number of amides is 1. The van der Waals surface area contributed by atoms with Crippen molar-refractivity contribution in [1.29, 1.82) is 0 Å². The molecule has 3 nitrogen and oxygen atoms in total. The van der Waals surface area contributed by atoms with Gasteiger partial charge in [-0.25, -0.2) is 0 Å². The number of fused-ring (bicyclic) bond motifs is 1. The fraction of sp³-hybridized carbons (Fsp3) is 0.471. The third kappa shape index (κ3) is 2.78. The van der Waals surface area contributed by atoms with Gasteiger partial charge >= 0.3 is 0 Å². The summed E-state index contributed by atoms with van der Waals surface area (Å²) in [4.78, 5) is 14.6. The first kappa shape index (κ1) is 13.4. The molecule has 2 aliphatic rings. The molecule has 0 radical (unpaired) electrons. The van der Waals surface area contributed by atoms with E-state index in [9.17, 15) is 4.79 Å². The molecule has 1 amide bonds.